The third kappa shape index (κ3) is 1.76. The SMILES string of the molecule is COC(=O)c1cccc2[nH]c(C3CCOC3)nc12. The largest absolute Gasteiger partial charge is 0.465 e. The maximum atomic E-state index is 11.7. The van der Waals surface area contributed by atoms with E-state index >= 15 is 0 Å². The first-order valence-corrected chi connectivity index (χ1v) is 5.94. The van der Waals surface area contributed by atoms with Gasteiger partial charge in [-0.05, 0) is 18.6 Å². The number of ether oxygens (including phenoxy) is 2. The van der Waals surface area contributed by atoms with Crippen LogP contribution in [-0.2, 0) is 9.47 Å². The number of esters is 1. The number of H-pyrrole nitrogens is 1. The predicted molar refractivity (Wildman–Crippen MR) is 65.6 cm³/mol. The number of nitrogens with one attached hydrogen (secondary N) is 1. The third-order valence-electron chi connectivity index (χ3n) is 3.25. The molecule has 1 fully saturated rings. The molecule has 0 aliphatic carbocycles. The van der Waals surface area contributed by atoms with Gasteiger partial charge in [-0.1, -0.05) is 6.07 Å². The fraction of sp³-hybridized carbons (Fsp3) is 0.385. The number of carbonyl (C=O) groups excluding carboxylic acids is 1. The molecule has 1 saturated heterocycles. The number of benzene rings is 1. The van der Waals surface area contributed by atoms with E-state index in [9.17, 15) is 4.79 Å². The van der Waals surface area contributed by atoms with Crippen LogP contribution in [0.25, 0.3) is 11.0 Å². The quantitative estimate of drug-likeness (QED) is 0.821. The van der Waals surface area contributed by atoms with Crippen LogP contribution in [-0.4, -0.2) is 36.3 Å². The van der Waals surface area contributed by atoms with Crippen LogP contribution in [0.5, 0.6) is 0 Å². The lowest BCUT2D eigenvalue weighted by Gasteiger charge is -2.01. The molecular weight excluding hydrogens is 232 g/mol. The number of hydrogen-bond donors (Lipinski definition) is 1. The Bertz CT molecular complexity index is 585. The molecule has 18 heavy (non-hydrogen) atoms. The van der Waals surface area contributed by atoms with Gasteiger partial charge in [0.05, 0.1) is 24.8 Å². The van der Waals surface area contributed by atoms with Gasteiger partial charge in [-0.25, -0.2) is 9.78 Å². The number of rotatable bonds is 2. The van der Waals surface area contributed by atoms with Crippen LogP contribution in [0.1, 0.15) is 28.5 Å². The zero-order chi connectivity index (χ0) is 12.5. The minimum Gasteiger partial charge on any atom is -0.465 e. The van der Waals surface area contributed by atoms with Crippen molar-refractivity contribution in [3.8, 4) is 0 Å². The second-order valence-electron chi connectivity index (χ2n) is 4.38. The van der Waals surface area contributed by atoms with Crippen molar-refractivity contribution in [1.29, 1.82) is 0 Å². The van der Waals surface area contributed by atoms with Crippen LogP contribution < -0.4 is 0 Å². The highest BCUT2D eigenvalue weighted by molar-refractivity contribution is 6.01. The number of para-hydroxylation sites is 1. The molecule has 0 radical (unpaired) electrons. The highest BCUT2D eigenvalue weighted by atomic mass is 16.5. The Kier molecular flexibility index (Phi) is 2.76. The van der Waals surface area contributed by atoms with E-state index in [0.29, 0.717) is 23.6 Å². The van der Waals surface area contributed by atoms with Gasteiger partial charge in [0.2, 0.25) is 0 Å². The smallest absolute Gasteiger partial charge is 0.340 e. The first-order valence-electron chi connectivity index (χ1n) is 5.94. The number of imidazole rings is 1. The normalized spacial score (nSPS) is 19.3. The Morgan fingerprint density at radius 2 is 2.44 bits per heavy atom. The summed E-state index contributed by atoms with van der Waals surface area (Å²) in [7, 11) is 1.37. The Hall–Kier alpha value is -1.88. The molecule has 0 bridgehead atoms. The third-order valence-corrected chi connectivity index (χ3v) is 3.25. The van der Waals surface area contributed by atoms with E-state index in [1.807, 2.05) is 12.1 Å². The van der Waals surface area contributed by atoms with Crippen LogP contribution in [0.4, 0.5) is 0 Å². The number of aromatic amines is 1. The number of fused-ring (bicyclic) bond motifs is 1. The molecule has 0 amide bonds. The Labute approximate surface area is 104 Å². The average molecular weight is 246 g/mol. The minimum atomic E-state index is -0.360. The van der Waals surface area contributed by atoms with E-state index in [1.165, 1.54) is 7.11 Å². The maximum Gasteiger partial charge on any atom is 0.340 e. The zero-order valence-corrected chi connectivity index (χ0v) is 10.1. The summed E-state index contributed by atoms with van der Waals surface area (Å²) in [6.45, 7) is 1.46. The van der Waals surface area contributed by atoms with E-state index in [-0.39, 0.29) is 5.97 Å². The van der Waals surface area contributed by atoms with Crippen molar-refractivity contribution >= 4 is 17.0 Å². The van der Waals surface area contributed by atoms with Crippen molar-refractivity contribution in [2.24, 2.45) is 0 Å². The van der Waals surface area contributed by atoms with Crippen molar-refractivity contribution in [2.75, 3.05) is 20.3 Å². The number of nitrogens with zero attached hydrogens (tertiary/aromatic N) is 1. The van der Waals surface area contributed by atoms with E-state index in [0.717, 1.165) is 24.4 Å². The molecule has 3 rings (SSSR count). The van der Waals surface area contributed by atoms with E-state index < -0.39 is 0 Å². The van der Waals surface area contributed by atoms with Crippen LogP contribution in [0, 0.1) is 0 Å². The van der Waals surface area contributed by atoms with Gasteiger partial charge >= 0.3 is 5.97 Å². The second-order valence-corrected chi connectivity index (χ2v) is 4.38. The van der Waals surface area contributed by atoms with E-state index in [2.05, 4.69) is 9.97 Å². The summed E-state index contributed by atoms with van der Waals surface area (Å²) in [6, 6.07) is 5.46. The van der Waals surface area contributed by atoms with Crippen molar-refractivity contribution in [2.45, 2.75) is 12.3 Å². The van der Waals surface area contributed by atoms with Gasteiger partial charge in [-0.15, -0.1) is 0 Å². The van der Waals surface area contributed by atoms with Gasteiger partial charge in [-0.3, -0.25) is 0 Å². The topological polar surface area (TPSA) is 64.2 Å². The average Bonchev–Trinajstić information content (AvgIpc) is 3.04. The highest BCUT2D eigenvalue weighted by Gasteiger charge is 2.22. The summed E-state index contributed by atoms with van der Waals surface area (Å²) in [4.78, 5) is 19.4. The molecule has 0 saturated carbocycles. The van der Waals surface area contributed by atoms with Gasteiger partial charge in [-0.2, -0.15) is 0 Å². The molecule has 1 aromatic heterocycles. The van der Waals surface area contributed by atoms with Crippen LogP contribution in [0.2, 0.25) is 0 Å². The standard InChI is InChI=1S/C13H14N2O3/c1-17-13(16)9-3-2-4-10-11(9)15-12(14-10)8-5-6-18-7-8/h2-4,8H,5-7H2,1H3,(H,14,15). The molecule has 2 heterocycles. The number of aromatic nitrogens is 2. The molecule has 1 aliphatic rings. The fourth-order valence-electron chi connectivity index (χ4n) is 2.27. The molecule has 1 unspecified atom stereocenters. The molecule has 1 N–H and O–H groups in total. The number of hydrogen-bond acceptors (Lipinski definition) is 4. The molecular formula is C13H14N2O3. The molecule has 5 nitrogen and oxygen atoms in total. The molecule has 2 aromatic rings. The van der Waals surface area contributed by atoms with Crippen LogP contribution in [0.3, 0.4) is 0 Å². The molecule has 1 atom stereocenters. The Balaban J connectivity index is 2.08. The lowest BCUT2D eigenvalue weighted by atomic mass is 10.1. The molecule has 94 valence electrons. The van der Waals surface area contributed by atoms with E-state index in [1.54, 1.807) is 6.07 Å². The minimum absolute atomic E-state index is 0.294. The van der Waals surface area contributed by atoms with E-state index in [4.69, 9.17) is 9.47 Å². The van der Waals surface area contributed by atoms with Gasteiger partial charge in [0.15, 0.2) is 0 Å². The lowest BCUT2D eigenvalue weighted by Crippen LogP contribution is -2.02. The van der Waals surface area contributed by atoms with Gasteiger partial charge < -0.3 is 14.5 Å². The van der Waals surface area contributed by atoms with Crippen molar-refractivity contribution in [3.05, 3.63) is 29.6 Å². The Morgan fingerprint density at radius 1 is 1.56 bits per heavy atom. The summed E-state index contributed by atoms with van der Waals surface area (Å²) >= 11 is 0. The highest BCUT2D eigenvalue weighted by Crippen LogP contribution is 2.26. The maximum absolute atomic E-state index is 11.7. The summed E-state index contributed by atoms with van der Waals surface area (Å²) in [5.41, 5.74) is 2.03. The van der Waals surface area contributed by atoms with Gasteiger partial charge in [0.1, 0.15) is 11.3 Å². The summed E-state index contributed by atoms with van der Waals surface area (Å²) < 4.78 is 10.1. The summed E-state index contributed by atoms with van der Waals surface area (Å²) in [5.74, 6) is 0.822. The summed E-state index contributed by atoms with van der Waals surface area (Å²) in [6.07, 6.45) is 0.966. The van der Waals surface area contributed by atoms with Crippen molar-refractivity contribution in [3.63, 3.8) is 0 Å². The summed E-state index contributed by atoms with van der Waals surface area (Å²) in [5, 5.41) is 0. The van der Waals surface area contributed by atoms with Gasteiger partial charge in [0.25, 0.3) is 0 Å². The Morgan fingerprint density at radius 3 is 3.17 bits per heavy atom. The van der Waals surface area contributed by atoms with Crippen molar-refractivity contribution < 1.29 is 14.3 Å². The fourth-order valence-corrected chi connectivity index (χ4v) is 2.27. The second kappa shape index (κ2) is 4.42. The lowest BCUT2D eigenvalue weighted by molar-refractivity contribution is 0.0603. The molecule has 1 aromatic carbocycles. The van der Waals surface area contributed by atoms with Gasteiger partial charge in [0, 0.05) is 12.5 Å². The molecule has 1 aliphatic heterocycles. The van der Waals surface area contributed by atoms with Crippen LogP contribution in [0.15, 0.2) is 18.2 Å². The number of carbonyl (C=O) groups is 1. The monoisotopic (exact) mass is 246 g/mol. The first-order chi connectivity index (χ1) is 8.79. The van der Waals surface area contributed by atoms with Crippen LogP contribution >= 0.6 is 0 Å². The first kappa shape index (κ1) is 11.2. The number of methoxy groups -OCH3 is 1. The zero-order valence-electron chi connectivity index (χ0n) is 10.1. The van der Waals surface area contributed by atoms with Crippen molar-refractivity contribution in [1.82, 2.24) is 9.97 Å². The molecule has 5 heteroatoms. The predicted octanol–water partition coefficient (Wildman–Crippen LogP) is 1.85. The molecule has 0 spiro atoms.